The van der Waals surface area contributed by atoms with Crippen LogP contribution < -0.4 is 0 Å². The van der Waals surface area contributed by atoms with Crippen molar-refractivity contribution in [1.82, 2.24) is 0 Å². The van der Waals surface area contributed by atoms with Crippen LogP contribution in [0, 0.1) is 23.7 Å². The minimum Gasteiger partial charge on any atom is -0.368 e. The first-order chi connectivity index (χ1) is 9.92. The summed E-state index contributed by atoms with van der Waals surface area (Å²) in [6.45, 7) is 2.10. The maximum atomic E-state index is 12.1. The Labute approximate surface area is 136 Å². The first kappa shape index (κ1) is 14.8. The summed E-state index contributed by atoms with van der Waals surface area (Å²) in [5, 5.41) is 0. The van der Waals surface area contributed by atoms with Crippen LogP contribution in [0.4, 0.5) is 0 Å². The number of hydrogen-bond acceptors (Lipinski definition) is 2. The van der Waals surface area contributed by atoms with Gasteiger partial charge in [-0.05, 0) is 62.2 Å². The van der Waals surface area contributed by atoms with Crippen LogP contribution in [0.2, 0.25) is 0 Å². The second-order valence-corrected chi connectivity index (χ2v) is 9.44. The lowest BCUT2D eigenvalue weighted by atomic mass is 9.54. The highest BCUT2D eigenvalue weighted by atomic mass is 35.5. The molecule has 0 radical (unpaired) electrons. The molecule has 118 valence electrons. The van der Waals surface area contributed by atoms with E-state index < -0.39 is 4.33 Å². The summed E-state index contributed by atoms with van der Waals surface area (Å²) < 4.78 is 5.29. The molecule has 5 rings (SSSR count). The number of rotatable bonds is 3. The summed E-state index contributed by atoms with van der Waals surface area (Å²) in [7, 11) is 0. The standard InChI is InChI=1S/C17H24Cl2O2/c1-2-13-6-14(20)17(18,19)15(13)21-16-7-10-3-11(8-16)5-12(4-10)9-16/h10-13,15H,2-9H2,1H3/t10?,11?,12?,13-,15+,16?/m1/s1. The topological polar surface area (TPSA) is 26.3 Å². The summed E-state index contributed by atoms with van der Waals surface area (Å²) in [5.74, 6) is 2.61. The number of halogens is 2. The number of Topliss-reactive ketones (excluding diaryl/α,β-unsaturated/α-hetero) is 1. The van der Waals surface area contributed by atoms with Gasteiger partial charge in [-0.2, -0.15) is 0 Å². The third kappa shape index (κ3) is 2.28. The number of carbonyl (C=O) groups is 1. The predicted molar refractivity (Wildman–Crippen MR) is 83.6 cm³/mol. The number of ketones is 1. The van der Waals surface area contributed by atoms with E-state index in [-0.39, 0.29) is 23.4 Å². The largest absolute Gasteiger partial charge is 0.368 e. The average Bonchev–Trinajstić information content (AvgIpc) is 2.60. The van der Waals surface area contributed by atoms with Gasteiger partial charge in [0.25, 0.3) is 0 Å². The molecule has 5 aliphatic carbocycles. The maximum absolute atomic E-state index is 12.1. The molecule has 0 spiro atoms. The zero-order valence-electron chi connectivity index (χ0n) is 12.6. The molecule has 0 amide bonds. The van der Waals surface area contributed by atoms with Crippen LogP contribution in [-0.4, -0.2) is 21.8 Å². The van der Waals surface area contributed by atoms with E-state index in [0.717, 1.165) is 43.4 Å². The van der Waals surface area contributed by atoms with Crippen molar-refractivity contribution in [3.05, 3.63) is 0 Å². The van der Waals surface area contributed by atoms with Crippen molar-refractivity contribution < 1.29 is 9.53 Å². The van der Waals surface area contributed by atoms with E-state index in [4.69, 9.17) is 27.9 Å². The van der Waals surface area contributed by atoms with Gasteiger partial charge in [0.2, 0.25) is 4.33 Å². The Morgan fingerprint density at radius 2 is 1.62 bits per heavy atom. The number of alkyl halides is 2. The number of ether oxygens (including phenoxy) is 1. The summed E-state index contributed by atoms with van der Waals surface area (Å²) in [5.41, 5.74) is -0.0352. The second-order valence-electron chi connectivity index (χ2n) is 8.06. The quantitative estimate of drug-likeness (QED) is 0.711. The van der Waals surface area contributed by atoms with E-state index in [1.54, 1.807) is 0 Å². The Morgan fingerprint density at radius 1 is 1.10 bits per heavy atom. The number of carbonyl (C=O) groups excluding carboxylic acids is 1. The van der Waals surface area contributed by atoms with Gasteiger partial charge in [0, 0.05) is 6.42 Å². The fourth-order valence-electron chi connectivity index (χ4n) is 5.91. The van der Waals surface area contributed by atoms with E-state index in [1.807, 2.05) is 0 Å². The molecule has 4 heteroatoms. The van der Waals surface area contributed by atoms with Crippen LogP contribution in [0.25, 0.3) is 0 Å². The highest BCUT2D eigenvalue weighted by Crippen LogP contribution is 2.59. The van der Waals surface area contributed by atoms with Crippen molar-refractivity contribution in [2.75, 3.05) is 0 Å². The second kappa shape index (κ2) is 4.85. The van der Waals surface area contributed by atoms with Gasteiger partial charge in [-0.15, -0.1) is 0 Å². The number of hydrogen-bond donors (Lipinski definition) is 0. The molecule has 5 saturated carbocycles. The van der Waals surface area contributed by atoms with Crippen LogP contribution in [0.5, 0.6) is 0 Å². The normalized spacial score (nSPS) is 50.8. The van der Waals surface area contributed by atoms with Crippen molar-refractivity contribution in [2.45, 2.75) is 74.3 Å². The molecule has 0 aromatic carbocycles. The molecule has 0 saturated heterocycles. The van der Waals surface area contributed by atoms with E-state index in [9.17, 15) is 4.79 Å². The summed E-state index contributed by atoms with van der Waals surface area (Å²) in [6, 6.07) is 0. The lowest BCUT2D eigenvalue weighted by Gasteiger charge is -2.57. The maximum Gasteiger partial charge on any atom is 0.201 e. The smallest absolute Gasteiger partial charge is 0.201 e. The first-order valence-corrected chi connectivity index (χ1v) is 9.26. The lowest BCUT2D eigenvalue weighted by molar-refractivity contribution is -0.195. The van der Waals surface area contributed by atoms with E-state index >= 15 is 0 Å². The molecule has 5 aliphatic rings. The van der Waals surface area contributed by atoms with Gasteiger partial charge in [0.15, 0.2) is 5.78 Å². The SMILES string of the molecule is CC[C@@H]1CC(=O)C(Cl)(Cl)[C@H]1OC12CC3CC(CC(C3)C1)C2. The molecule has 5 fully saturated rings. The van der Waals surface area contributed by atoms with Crippen molar-refractivity contribution in [1.29, 1.82) is 0 Å². The highest BCUT2D eigenvalue weighted by molar-refractivity contribution is 6.59. The van der Waals surface area contributed by atoms with Gasteiger partial charge >= 0.3 is 0 Å². The minimum atomic E-state index is -1.33. The molecule has 21 heavy (non-hydrogen) atoms. The molecular weight excluding hydrogens is 307 g/mol. The zero-order valence-corrected chi connectivity index (χ0v) is 14.1. The Balaban J connectivity index is 1.58. The summed E-state index contributed by atoms with van der Waals surface area (Å²) in [4.78, 5) is 12.1. The van der Waals surface area contributed by atoms with E-state index in [0.29, 0.717) is 6.42 Å². The third-order valence-corrected chi connectivity index (χ3v) is 7.34. The van der Waals surface area contributed by atoms with Crippen LogP contribution >= 0.6 is 23.2 Å². The van der Waals surface area contributed by atoms with Crippen LogP contribution in [0.1, 0.15) is 58.3 Å². The van der Waals surface area contributed by atoms with Gasteiger partial charge in [0.1, 0.15) is 6.10 Å². The molecule has 2 nitrogen and oxygen atoms in total. The van der Waals surface area contributed by atoms with Crippen LogP contribution in [0.15, 0.2) is 0 Å². The van der Waals surface area contributed by atoms with Crippen molar-refractivity contribution in [2.24, 2.45) is 23.7 Å². The Morgan fingerprint density at radius 3 is 2.10 bits per heavy atom. The molecule has 0 unspecified atom stereocenters. The van der Waals surface area contributed by atoms with Gasteiger partial charge in [-0.3, -0.25) is 4.79 Å². The summed E-state index contributed by atoms with van der Waals surface area (Å²) >= 11 is 12.8. The molecule has 0 aliphatic heterocycles. The Hall–Kier alpha value is 0.210. The predicted octanol–water partition coefficient (Wildman–Crippen LogP) is 4.51. The minimum absolute atomic E-state index is 0.0352. The molecule has 0 aromatic rings. The van der Waals surface area contributed by atoms with Crippen molar-refractivity contribution in [3.63, 3.8) is 0 Å². The molecule has 4 bridgehead atoms. The zero-order chi connectivity index (χ0) is 14.8. The van der Waals surface area contributed by atoms with Gasteiger partial charge < -0.3 is 4.74 Å². The molecule has 0 aromatic heterocycles. The Bertz CT molecular complexity index is 424. The Kier molecular flexibility index (Phi) is 3.41. The highest BCUT2D eigenvalue weighted by Gasteiger charge is 2.59. The first-order valence-electron chi connectivity index (χ1n) is 8.51. The summed E-state index contributed by atoms with van der Waals surface area (Å²) in [6.07, 6.45) is 8.69. The average molecular weight is 331 g/mol. The third-order valence-electron chi connectivity index (χ3n) is 6.49. The van der Waals surface area contributed by atoms with Crippen LogP contribution in [-0.2, 0) is 9.53 Å². The fraction of sp³-hybridized carbons (Fsp3) is 0.941. The van der Waals surface area contributed by atoms with Crippen LogP contribution in [0.3, 0.4) is 0 Å². The van der Waals surface area contributed by atoms with Gasteiger partial charge in [-0.25, -0.2) is 0 Å². The van der Waals surface area contributed by atoms with Gasteiger partial charge in [-0.1, -0.05) is 36.5 Å². The van der Waals surface area contributed by atoms with E-state index in [1.165, 1.54) is 19.3 Å². The van der Waals surface area contributed by atoms with Crippen molar-refractivity contribution in [3.8, 4) is 0 Å². The molecule has 2 atom stereocenters. The monoisotopic (exact) mass is 330 g/mol. The molecular formula is C17H24Cl2O2. The van der Waals surface area contributed by atoms with E-state index in [2.05, 4.69) is 6.92 Å². The van der Waals surface area contributed by atoms with Gasteiger partial charge in [0.05, 0.1) is 5.60 Å². The molecule has 0 N–H and O–H groups in total. The molecule has 0 heterocycles. The van der Waals surface area contributed by atoms with Crippen molar-refractivity contribution >= 4 is 29.0 Å². The fourth-order valence-corrected chi connectivity index (χ4v) is 6.51. The lowest BCUT2D eigenvalue weighted by Crippen LogP contribution is -2.55.